The molecule has 0 bridgehead atoms. The monoisotopic (exact) mass is 689 g/mol. The van der Waals surface area contributed by atoms with Crippen LogP contribution in [0.2, 0.25) is 0 Å². The Morgan fingerprint density at radius 1 is 1.07 bits per heavy atom. The molecular weight excluding hydrogens is 650 g/mol. The maximum Gasteiger partial charge on any atom is 0.265 e. The second-order valence-corrected chi connectivity index (χ2v) is 15.5. The van der Waals surface area contributed by atoms with E-state index >= 15 is 0 Å². The zero-order valence-corrected chi connectivity index (χ0v) is 29.0. The molecule has 0 fully saturated rings. The van der Waals surface area contributed by atoms with Gasteiger partial charge >= 0.3 is 0 Å². The predicted octanol–water partition coefficient (Wildman–Crippen LogP) is 7.46. The minimum Gasteiger partial charge on any atom is -0.335 e. The van der Waals surface area contributed by atoms with Crippen LogP contribution >= 0.6 is 40.1 Å². The van der Waals surface area contributed by atoms with E-state index in [1.54, 1.807) is 11.3 Å². The number of allylic oxidation sites excluding steroid dienone is 2. The number of anilines is 1. The van der Waals surface area contributed by atoms with Gasteiger partial charge in [0, 0.05) is 30.4 Å². The number of nitrogens with zero attached hydrogens (tertiary/aromatic N) is 3. The molecule has 224 valence electrons. The molecule has 3 aromatic carbocycles. The van der Waals surface area contributed by atoms with E-state index in [0.29, 0.717) is 13.0 Å². The van der Waals surface area contributed by atoms with Crippen LogP contribution < -0.4 is 9.47 Å². The van der Waals surface area contributed by atoms with Gasteiger partial charge in [-0.05, 0) is 60.7 Å². The van der Waals surface area contributed by atoms with Crippen molar-refractivity contribution in [2.24, 2.45) is 0 Å². The summed E-state index contributed by atoms with van der Waals surface area (Å²) in [6, 6.07) is 19.3. The molecule has 0 amide bonds. The van der Waals surface area contributed by atoms with Crippen molar-refractivity contribution in [3.8, 4) is 0 Å². The largest absolute Gasteiger partial charge is 0.335 e. The lowest BCUT2D eigenvalue weighted by Crippen LogP contribution is -2.37. The molecule has 0 saturated carbocycles. The molecule has 10 heteroatoms. The molecule has 5 rings (SSSR count). The van der Waals surface area contributed by atoms with Crippen molar-refractivity contribution in [1.82, 2.24) is 0 Å². The number of aryl methyl sites for hydroxylation is 2. The number of halogens is 1. The number of fused-ring (bicyclic) bond motifs is 4. The third kappa shape index (κ3) is 7.84. The van der Waals surface area contributed by atoms with Crippen molar-refractivity contribution in [2.75, 3.05) is 44.9 Å². The zero-order chi connectivity index (χ0) is 29.4. The number of rotatable bonds is 10. The topological polar surface area (TPSA) is 61.5 Å². The predicted molar refractivity (Wildman–Crippen MR) is 185 cm³/mol. The first-order chi connectivity index (χ1) is 19.4. The van der Waals surface area contributed by atoms with E-state index in [1.165, 1.54) is 21.2 Å². The van der Waals surface area contributed by atoms with Crippen molar-refractivity contribution < 1.29 is 22.0 Å². The van der Waals surface area contributed by atoms with Gasteiger partial charge in [-0.1, -0.05) is 53.4 Å². The first-order valence-electron chi connectivity index (χ1n) is 13.9. The highest BCUT2D eigenvalue weighted by Gasteiger charge is 2.26. The summed E-state index contributed by atoms with van der Waals surface area (Å²) >= 11 is 3.53. The molecule has 0 aliphatic carbocycles. The highest BCUT2D eigenvalue weighted by Crippen LogP contribution is 2.47. The van der Waals surface area contributed by atoms with Gasteiger partial charge in [-0.3, -0.25) is 4.55 Å². The first kappa shape index (κ1) is 32.7. The van der Waals surface area contributed by atoms with Gasteiger partial charge < -0.3 is 9.38 Å². The number of benzene rings is 3. The number of aromatic nitrogens is 1. The summed E-state index contributed by atoms with van der Waals surface area (Å²) in [4.78, 5) is 3.74. The Balaban J connectivity index is 0.00000405. The Bertz CT molecular complexity index is 1770. The van der Waals surface area contributed by atoms with Crippen molar-refractivity contribution in [2.45, 2.75) is 38.1 Å². The molecule has 0 unspecified atom stereocenters. The van der Waals surface area contributed by atoms with Crippen LogP contribution in [0, 0.1) is 6.92 Å². The van der Waals surface area contributed by atoms with Crippen LogP contribution in [0.3, 0.4) is 0 Å². The number of thiazole rings is 1. The van der Waals surface area contributed by atoms with E-state index < -0.39 is 10.1 Å². The van der Waals surface area contributed by atoms with Gasteiger partial charge in [0.15, 0.2) is 6.54 Å². The van der Waals surface area contributed by atoms with Crippen LogP contribution in [0.1, 0.15) is 30.3 Å². The van der Waals surface area contributed by atoms with Crippen LogP contribution in [0.5, 0.6) is 0 Å². The molecule has 0 saturated heterocycles. The van der Waals surface area contributed by atoms with Crippen molar-refractivity contribution in [3.05, 3.63) is 81.8 Å². The standard InChI is InChI=1S/C32H38N3O3S3.BrH/c1-23-12-14-28-27(20-23)33(16-8-18-35(3,4)5)30(39-28)21-24(2)22-31-34(17-9-19-41(36,37)38)32-26-11-7-6-10-25(26)13-15-29(32)40-31;/h6-7,10-15,20-22H,8-9,16-19H2,1-5H3;1H/q+1;/p+1. The molecule has 42 heavy (non-hydrogen) atoms. The summed E-state index contributed by atoms with van der Waals surface area (Å²) in [7, 11) is 2.69. The van der Waals surface area contributed by atoms with Gasteiger partial charge in [-0.2, -0.15) is 13.0 Å². The fourth-order valence-electron chi connectivity index (χ4n) is 5.29. The maximum absolute atomic E-state index is 11.5. The Kier molecular flexibility index (Phi) is 10.3. The highest BCUT2D eigenvalue weighted by atomic mass is 79.9. The molecule has 1 aromatic heterocycles. The molecule has 0 radical (unpaired) electrons. The second-order valence-electron chi connectivity index (χ2n) is 11.8. The van der Waals surface area contributed by atoms with Crippen molar-refractivity contribution in [3.63, 3.8) is 0 Å². The van der Waals surface area contributed by atoms with Gasteiger partial charge in [0.05, 0.1) is 49.5 Å². The fourth-order valence-corrected chi connectivity index (χ4v) is 8.18. The van der Waals surface area contributed by atoms with Crippen molar-refractivity contribution >= 4 is 83.0 Å². The van der Waals surface area contributed by atoms with Crippen LogP contribution in [0.4, 0.5) is 5.69 Å². The average molecular weight is 691 g/mol. The quantitative estimate of drug-likeness (QED) is 0.106. The number of quaternary nitrogens is 1. The van der Waals surface area contributed by atoms with Crippen LogP contribution in [-0.2, 0) is 16.7 Å². The molecular formula is C32H40BrN3O3S3+2. The summed E-state index contributed by atoms with van der Waals surface area (Å²) in [6.07, 6.45) is 5.91. The van der Waals surface area contributed by atoms with E-state index in [9.17, 15) is 13.0 Å². The van der Waals surface area contributed by atoms with E-state index in [2.05, 4.69) is 99.1 Å². The van der Waals surface area contributed by atoms with Gasteiger partial charge in [0.25, 0.3) is 15.1 Å². The van der Waals surface area contributed by atoms with Gasteiger partial charge in [-0.25, -0.2) is 0 Å². The summed E-state index contributed by atoms with van der Waals surface area (Å²) in [5.41, 5.74) is 4.78. The smallest absolute Gasteiger partial charge is 0.265 e. The fraction of sp³-hybridized carbons (Fsp3) is 0.344. The Hall–Kier alpha value is -2.21. The second kappa shape index (κ2) is 13.2. The average Bonchev–Trinajstić information content (AvgIpc) is 3.40. The molecule has 6 nitrogen and oxygen atoms in total. The van der Waals surface area contributed by atoms with Gasteiger partial charge in [-0.15, -0.1) is 17.0 Å². The van der Waals surface area contributed by atoms with E-state index in [-0.39, 0.29) is 22.7 Å². The third-order valence-electron chi connectivity index (χ3n) is 7.20. The lowest BCUT2D eigenvalue weighted by Gasteiger charge is -2.26. The zero-order valence-electron chi connectivity index (χ0n) is 24.8. The summed E-state index contributed by atoms with van der Waals surface area (Å²) in [5.74, 6) is -0.259. The summed E-state index contributed by atoms with van der Waals surface area (Å²) in [6.45, 7) is 6.84. The van der Waals surface area contributed by atoms with E-state index in [4.69, 9.17) is 0 Å². The SMILES string of the molecule is Br.CC(=Cc1sc2ccc3ccccc3c2[n+]1CCCS(=O)(=O)O)C=C1Sc2ccc(C)cc2N1CCC[N+](C)(C)C. The van der Waals surface area contributed by atoms with Crippen LogP contribution in [-0.4, -0.2) is 57.4 Å². The minimum atomic E-state index is -4.02. The molecule has 2 heterocycles. The van der Waals surface area contributed by atoms with Crippen LogP contribution in [0.25, 0.3) is 27.1 Å². The third-order valence-corrected chi connectivity index (χ3v) is 10.2. The molecule has 1 aliphatic rings. The molecule has 4 aromatic rings. The van der Waals surface area contributed by atoms with Gasteiger partial charge in [0.2, 0.25) is 5.52 Å². The maximum atomic E-state index is 11.5. The Morgan fingerprint density at radius 3 is 2.57 bits per heavy atom. The highest BCUT2D eigenvalue weighted by molar-refractivity contribution is 8.93. The van der Waals surface area contributed by atoms with Gasteiger partial charge in [0.1, 0.15) is 4.70 Å². The van der Waals surface area contributed by atoms with Crippen LogP contribution in [0.15, 0.2) is 76.2 Å². The number of thioether (sulfide) groups is 1. The number of hydrogen-bond donors (Lipinski definition) is 1. The van der Waals surface area contributed by atoms with Crippen molar-refractivity contribution in [1.29, 1.82) is 0 Å². The number of hydrogen-bond acceptors (Lipinski definition) is 5. The summed E-state index contributed by atoms with van der Waals surface area (Å²) in [5, 5.41) is 4.58. The molecule has 1 N–H and O–H groups in total. The molecule has 0 atom stereocenters. The lowest BCUT2D eigenvalue weighted by atomic mass is 10.1. The summed E-state index contributed by atoms with van der Waals surface area (Å²) < 4.78 is 36.7. The Labute approximate surface area is 268 Å². The van der Waals surface area contributed by atoms with E-state index in [0.717, 1.165) is 55.6 Å². The first-order valence-corrected chi connectivity index (χ1v) is 17.2. The lowest BCUT2D eigenvalue weighted by molar-refractivity contribution is -0.870. The molecule has 1 aliphatic heterocycles. The minimum absolute atomic E-state index is 0. The normalized spacial score (nSPS) is 15.0. The molecule has 0 spiro atoms. The van der Waals surface area contributed by atoms with E-state index in [1.807, 2.05) is 23.9 Å². The Morgan fingerprint density at radius 2 is 1.83 bits per heavy atom.